The third-order valence-electron chi connectivity index (χ3n) is 14.2. The highest BCUT2D eigenvalue weighted by Gasteiger charge is 2.50. The van der Waals surface area contributed by atoms with Crippen molar-refractivity contribution in [3.8, 4) is 56.4 Å². The zero-order valence-electron chi connectivity index (χ0n) is 37.3. The van der Waals surface area contributed by atoms with Gasteiger partial charge in [-0.15, -0.1) is 0 Å². The van der Waals surface area contributed by atoms with Crippen LogP contribution in [0.15, 0.2) is 253 Å². The minimum atomic E-state index is -0.637. The molecule has 11 aromatic carbocycles. The van der Waals surface area contributed by atoms with E-state index >= 15 is 0 Å². The van der Waals surface area contributed by atoms with Gasteiger partial charge in [-0.2, -0.15) is 0 Å². The van der Waals surface area contributed by atoms with Gasteiger partial charge in [0, 0.05) is 44.4 Å². The molecule has 1 aromatic heterocycles. The van der Waals surface area contributed by atoms with Crippen molar-refractivity contribution in [2.45, 2.75) is 5.41 Å². The number of rotatable bonds is 6. The van der Waals surface area contributed by atoms with Crippen molar-refractivity contribution in [3.63, 3.8) is 0 Å². The molecule has 69 heavy (non-hydrogen) atoms. The van der Waals surface area contributed by atoms with Crippen LogP contribution in [0.1, 0.15) is 22.3 Å². The van der Waals surface area contributed by atoms with Gasteiger partial charge in [0.2, 0.25) is 0 Å². The molecule has 0 saturated carbocycles. The van der Waals surface area contributed by atoms with Gasteiger partial charge in [-0.25, -0.2) is 0 Å². The van der Waals surface area contributed by atoms with E-state index in [1.807, 2.05) is 12.1 Å². The number of ether oxygens (including phenoxy) is 2. The average molecular weight is 884 g/mol. The molecule has 2 aliphatic rings. The van der Waals surface area contributed by atoms with Crippen molar-refractivity contribution in [1.82, 2.24) is 0 Å². The molecule has 0 N–H and O–H groups in total. The second kappa shape index (κ2) is 15.5. The lowest BCUT2D eigenvalue weighted by atomic mass is 9.62. The lowest BCUT2D eigenvalue weighted by Gasteiger charge is -2.44. The summed E-state index contributed by atoms with van der Waals surface area (Å²) < 4.78 is 20.2. The SMILES string of the molecule is c1ccc(-c2ccccc2-c2ccc(N(c3ccc(-c4ccc5c(c4)Oc4ccccc4C54c5ccccc5Oc5ccccc54)cc3)c3cccc4oc5c6ccccc6ccc5c34)cc2)cc1. The second-order valence-electron chi connectivity index (χ2n) is 17.9. The fraction of sp³-hybridized carbons (Fsp3) is 0.0154. The fourth-order valence-corrected chi connectivity index (χ4v) is 11.1. The molecule has 4 nitrogen and oxygen atoms in total. The molecule has 4 heteroatoms. The van der Waals surface area contributed by atoms with Gasteiger partial charge < -0.3 is 18.8 Å². The standard InChI is InChI=1S/C65H41NO3/c1-2-15-43(16-3-1)49-18-6-7-19-50(49)45-31-37-48(38-32-45)66(57-24-14-28-61-63(57)52-39-33-44-17-4-5-20-51(44)64(52)69-61)47-35-29-42(30-36-47)46-34-40-56-62(41-46)68-60-27-13-10-23-55(60)65(56)53-21-8-11-25-58(53)67-59-26-12-9-22-54(59)65/h1-41H. The van der Waals surface area contributed by atoms with E-state index in [9.17, 15) is 0 Å². The van der Waals surface area contributed by atoms with E-state index in [1.165, 1.54) is 16.7 Å². The number of benzene rings is 11. The number of fused-ring (bicyclic) bond motifs is 13. The van der Waals surface area contributed by atoms with E-state index in [0.29, 0.717) is 0 Å². The third kappa shape index (κ3) is 6.02. The molecular weight excluding hydrogens is 843 g/mol. The van der Waals surface area contributed by atoms with Crippen LogP contribution in [0.25, 0.3) is 66.1 Å². The minimum absolute atomic E-state index is 0.637. The van der Waals surface area contributed by atoms with Crippen LogP contribution in [-0.2, 0) is 5.41 Å². The van der Waals surface area contributed by atoms with Crippen molar-refractivity contribution >= 4 is 49.8 Å². The van der Waals surface area contributed by atoms with E-state index in [1.54, 1.807) is 0 Å². The molecule has 14 rings (SSSR count). The van der Waals surface area contributed by atoms with Crippen LogP contribution in [0.5, 0.6) is 23.0 Å². The van der Waals surface area contributed by atoms with E-state index in [2.05, 4.69) is 241 Å². The normalized spacial score (nSPS) is 13.0. The summed E-state index contributed by atoms with van der Waals surface area (Å²) in [6.07, 6.45) is 0. The van der Waals surface area contributed by atoms with Crippen molar-refractivity contribution in [2.75, 3.05) is 4.90 Å². The highest BCUT2D eigenvalue weighted by Crippen LogP contribution is 2.61. The van der Waals surface area contributed by atoms with Crippen molar-refractivity contribution in [2.24, 2.45) is 0 Å². The van der Waals surface area contributed by atoms with E-state index in [4.69, 9.17) is 13.9 Å². The maximum Gasteiger partial charge on any atom is 0.143 e. The van der Waals surface area contributed by atoms with Gasteiger partial charge in [0.1, 0.15) is 34.2 Å². The Morgan fingerprint density at radius 1 is 0.333 bits per heavy atom. The second-order valence-corrected chi connectivity index (χ2v) is 17.9. The van der Waals surface area contributed by atoms with E-state index < -0.39 is 5.41 Å². The first-order chi connectivity index (χ1) is 34.2. The van der Waals surface area contributed by atoms with Gasteiger partial charge in [0.05, 0.1) is 16.5 Å². The van der Waals surface area contributed by atoms with Gasteiger partial charge >= 0.3 is 0 Å². The third-order valence-corrected chi connectivity index (χ3v) is 14.2. The highest BCUT2D eigenvalue weighted by molar-refractivity contribution is 6.19. The molecule has 0 atom stereocenters. The summed E-state index contributed by atoms with van der Waals surface area (Å²) in [5, 5.41) is 4.40. The van der Waals surface area contributed by atoms with E-state index in [-0.39, 0.29) is 0 Å². The predicted molar refractivity (Wildman–Crippen MR) is 281 cm³/mol. The molecular formula is C65H41NO3. The molecule has 0 saturated heterocycles. The van der Waals surface area contributed by atoms with Gasteiger partial charge in [-0.1, -0.05) is 182 Å². The van der Waals surface area contributed by atoms with Crippen molar-refractivity contribution in [3.05, 3.63) is 271 Å². The molecule has 0 radical (unpaired) electrons. The largest absolute Gasteiger partial charge is 0.457 e. The van der Waals surface area contributed by atoms with Crippen molar-refractivity contribution < 1.29 is 13.9 Å². The Morgan fingerprint density at radius 2 is 0.855 bits per heavy atom. The van der Waals surface area contributed by atoms with Gasteiger partial charge in [0.25, 0.3) is 0 Å². The smallest absolute Gasteiger partial charge is 0.143 e. The number of nitrogens with zero attached hydrogens (tertiary/aromatic N) is 1. The number of para-hydroxylation sites is 3. The lowest BCUT2D eigenvalue weighted by Crippen LogP contribution is -2.36. The maximum absolute atomic E-state index is 6.89. The Balaban J connectivity index is 0.905. The Morgan fingerprint density at radius 3 is 1.52 bits per heavy atom. The first-order valence-corrected chi connectivity index (χ1v) is 23.5. The van der Waals surface area contributed by atoms with Gasteiger partial charge in [-0.05, 0) is 105 Å². The van der Waals surface area contributed by atoms with Crippen LogP contribution < -0.4 is 14.4 Å². The van der Waals surface area contributed by atoms with Gasteiger partial charge in [-0.3, -0.25) is 0 Å². The first-order valence-electron chi connectivity index (χ1n) is 23.5. The Bertz CT molecular complexity index is 3900. The van der Waals surface area contributed by atoms with Crippen LogP contribution in [0, 0.1) is 0 Å². The molecule has 0 amide bonds. The minimum Gasteiger partial charge on any atom is -0.457 e. The molecule has 0 fully saturated rings. The summed E-state index contributed by atoms with van der Waals surface area (Å²) in [5.41, 5.74) is 15.5. The van der Waals surface area contributed by atoms with Crippen LogP contribution in [0.4, 0.5) is 17.1 Å². The summed E-state index contributed by atoms with van der Waals surface area (Å²) in [6, 6.07) is 88.3. The van der Waals surface area contributed by atoms with Crippen LogP contribution in [0.2, 0.25) is 0 Å². The molecule has 324 valence electrons. The Labute approximate surface area is 399 Å². The number of hydrogen-bond donors (Lipinski definition) is 0. The molecule has 0 bridgehead atoms. The fourth-order valence-electron chi connectivity index (χ4n) is 11.1. The van der Waals surface area contributed by atoms with Crippen LogP contribution >= 0.6 is 0 Å². The van der Waals surface area contributed by atoms with Crippen molar-refractivity contribution in [1.29, 1.82) is 0 Å². The molecule has 3 heterocycles. The molecule has 0 unspecified atom stereocenters. The summed E-state index contributed by atoms with van der Waals surface area (Å²) in [6.45, 7) is 0. The first kappa shape index (κ1) is 39.1. The zero-order chi connectivity index (χ0) is 45.5. The summed E-state index contributed by atoms with van der Waals surface area (Å²) >= 11 is 0. The summed E-state index contributed by atoms with van der Waals surface area (Å²) in [4.78, 5) is 2.36. The predicted octanol–water partition coefficient (Wildman–Crippen LogP) is 17.8. The highest BCUT2D eigenvalue weighted by atomic mass is 16.5. The Kier molecular flexibility index (Phi) is 8.77. The van der Waals surface area contributed by atoms with Crippen LogP contribution in [0.3, 0.4) is 0 Å². The number of anilines is 3. The Hall–Kier alpha value is -9.12. The monoisotopic (exact) mass is 883 g/mol. The molecule has 0 aliphatic carbocycles. The van der Waals surface area contributed by atoms with Gasteiger partial charge in [0.15, 0.2) is 0 Å². The molecule has 1 spiro atoms. The topological polar surface area (TPSA) is 34.8 Å². The number of hydrogen-bond acceptors (Lipinski definition) is 4. The van der Waals surface area contributed by atoms with Crippen LogP contribution in [-0.4, -0.2) is 0 Å². The quantitative estimate of drug-likeness (QED) is 0.167. The zero-order valence-corrected chi connectivity index (χ0v) is 37.3. The summed E-state index contributed by atoms with van der Waals surface area (Å²) in [5.74, 6) is 3.36. The maximum atomic E-state index is 6.89. The molecule has 2 aliphatic heterocycles. The van der Waals surface area contributed by atoms with E-state index in [0.717, 1.165) is 112 Å². The number of furan rings is 1. The molecule has 12 aromatic rings. The average Bonchev–Trinajstić information content (AvgIpc) is 3.82. The summed E-state index contributed by atoms with van der Waals surface area (Å²) in [7, 11) is 0. The lowest BCUT2D eigenvalue weighted by molar-refractivity contribution is 0.399.